The van der Waals surface area contributed by atoms with Crippen molar-refractivity contribution in [2.45, 2.75) is 38.9 Å². The highest BCUT2D eigenvalue weighted by molar-refractivity contribution is 6.40. The minimum Gasteiger partial charge on any atom is -0.405 e. The Labute approximate surface area is 84.8 Å². The molecule has 0 amide bonds. The molecule has 0 saturated carbocycles. The Bertz CT molecular complexity index is 125. The molecular formula is C7H14BCl2O2. The molecule has 5 heteroatoms. The molecule has 1 aliphatic heterocycles. The fraction of sp³-hybridized carbons (Fsp3) is 1.00. The van der Waals surface area contributed by atoms with Crippen molar-refractivity contribution in [3.63, 3.8) is 0 Å². The Morgan fingerprint density at radius 2 is 1.25 bits per heavy atom. The van der Waals surface area contributed by atoms with E-state index >= 15 is 0 Å². The largest absolute Gasteiger partial charge is 0.488 e. The molecule has 1 fully saturated rings. The fourth-order valence-corrected chi connectivity index (χ4v) is 0.548. The van der Waals surface area contributed by atoms with E-state index in [4.69, 9.17) is 32.5 Å². The first-order chi connectivity index (χ1) is 5.37. The summed E-state index contributed by atoms with van der Waals surface area (Å²) in [5.74, 6) is 0. The molecule has 1 saturated heterocycles. The second kappa shape index (κ2) is 4.70. The van der Waals surface area contributed by atoms with Gasteiger partial charge in [0.2, 0.25) is 0 Å². The van der Waals surface area contributed by atoms with E-state index < -0.39 is 0 Å². The van der Waals surface area contributed by atoms with E-state index in [0.29, 0.717) is 0 Å². The Hall–Kier alpha value is 0.565. The van der Waals surface area contributed by atoms with Gasteiger partial charge in [0.1, 0.15) is 0 Å². The normalized spacial score (nSPS) is 23.8. The van der Waals surface area contributed by atoms with E-state index in [1.54, 1.807) is 0 Å². The lowest BCUT2D eigenvalue weighted by Gasteiger charge is -2.32. The summed E-state index contributed by atoms with van der Waals surface area (Å²) in [6, 6.07) is 0. The zero-order valence-corrected chi connectivity index (χ0v) is 9.37. The summed E-state index contributed by atoms with van der Waals surface area (Å²) < 4.78 is 10.4. The maximum atomic E-state index is 5.21. The van der Waals surface area contributed by atoms with Crippen molar-refractivity contribution in [1.82, 2.24) is 0 Å². The van der Waals surface area contributed by atoms with E-state index in [9.17, 15) is 0 Å². The van der Waals surface area contributed by atoms with Gasteiger partial charge in [-0.05, 0) is 27.7 Å². The molecule has 1 rings (SSSR count). The van der Waals surface area contributed by atoms with Crippen LogP contribution in [-0.2, 0) is 9.31 Å². The third-order valence-electron chi connectivity index (χ3n) is 2.14. The topological polar surface area (TPSA) is 18.5 Å². The highest BCUT2D eigenvalue weighted by atomic mass is 35.5. The molecule has 0 unspecified atom stereocenters. The second-order valence-electron chi connectivity index (χ2n) is 3.45. The Morgan fingerprint density at radius 3 is 1.33 bits per heavy atom. The van der Waals surface area contributed by atoms with Gasteiger partial charge < -0.3 is 9.31 Å². The summed E-state index contributed by atoms with van der Waals surface area (Å²) in [4.78, 5) is 0. The minimum absolute atomic E-state index is 0.187. The van der Waals surface area contributed by atoms with Crippen LogP contribution in [0.15, 0.2) is 0 Å². The summed E-state index contributed by atoms with van der Waals surface area (Å²) in [5, 5.41) is 0.194. The molecule has 1 radical (unpaired) electrons. The van der Waals surface area contributed by atoms with Crippen molar-refractivity contribution in [1.29, 1.82) is 0 Å². The van der Waals surface area contributed by atoms with Crippen molar-refractivity contribution in [2.24, 2.45) is 0 Å². The highest BCUT2D eigenvalue weighted by Crippen LogP contribution is 2.33. The number of hydrogen-bond donors (Lipinski definition) is 0. The van der Waals surface area contributed by atoms with Crippen LogP contribution in [0, 0.1) is 0 Å². The summed E-state index contributed by atoms with van der Waals surface area (Å²) in [6.45, 7) is 8.04. The lowest BCUT2D eigenvalue weighted by atomic mass is 9.90. The zero-order chi connectivity index (χ0) is 9.83. The van der Waals surface area contributed by atoms with Gasteiger partial charge in [0, 0.05) is 0 Å². The lowest BCUT2D eigenvalue weighted by Crippen LogP contribution is -2.41. The SMILES string of the molecule is CC1(C)O[B]OC1(C)C.ClCCl. The number of rotatable bonds is 0. The monoisotopic (exact) mass is 211 g/mol. The predicted molar refractivity (Wildman–Crippen MR) is 52.7 cm³/mol. The van der Waals surface area contributed by atoms with Crippen LogP contribution in [0.25, 0.3) is 0 Å². The minimum atomic E-state index is -0.188. The van der Waals surface area contributed by atoms with Crippen molar-refractivity contribution in [2.75, 3.05) is 5.34 Å². The van der Waals surface area contributed by atoms with Crippen molar-refractivity contribution in [3.05, 3.63) is 0 Å². The number of halogens is 2. The first-order valence-corrected chi connectivity index (χ1v) is 4.73. The van der Waals surface area contributed by atoms with Crippen LogP contribution in [0.2, 0.25) is 0 Å². The van der Waals surface area contributed by atoms with Crippen molar-refractivity contribution < 1.29 is 9.31 Å². The van der Waals surface area contributed by atoms with Gasteiger partial charge in [-0.15, -0.1) is 23.2 Å². The summed E-state index contributed by atoms with van der Waals surface area (Å²) in [5.41, 5.74) is -0.375. The number of hydrogen-bond acceptors (Lipinski definition) is 2. The summed E-state index contributed by atoms with van der Waals surface area (Å²) in [6.07, 6.45) is 0. The van der Waals surface area contributed by atoms with Crippen LogP contribution in [0.3, 0.4) is 0 Å². The van der Waals surface area contributed by atoms with E-state index in [2.05, 4.69) is 0 Å². The van der Waals surface area contributed by atoms with E-state index in [1.807, 2.05) is 27.7 Å². The Balaban J connectivity index is 0.000000354. The van der Waals surface area contributed by atoms with Gasteiger partial charge in [0.05, 0.1) is 16.5 Å². The maximum Gasteiger partial charge on any atom is 0.488 e. The highest BCUT2D eigenvalue weighted by Gasteiger charge is 2.44. The van der Waals surface area contributed by atoms with E-state index in [1.165, 1.54) is 7.69 Å². The summed E-state index contributed by atoms with van der Waals surface area (Å²) in [7, 11) is 1.42. The smallest absolute Gasteiger partial charge is 0.405 e. The van der Waals surface area contributed by atoms with Crippen LogP contribution in [0.5, 0.6) is 0 Å². The van der Waals surface area contributed by atoms with Gasteiger partial charge >= 0.3 is 7.69 Å². The van der Waals surface area contributed by atoms with Gasteiger partial charge in [-0.3, -0.25) is 0 Å². The van der Waals surface area contributed by atoms with Crippen LogP contribution >= 0.6 is 23.2 Å². The second-order valence-corrected chi connectivity index (χ2v) is 4.26. The van der Waals surface area contributed by atoms with Gasteiger partial charge in [-0.2, -0.15) is 0 Å². The third-order valence-corrected chi connectivity index (χ3v) is 2.14. The fourth-order valence-electron chi connectivity index (χ4n) is 0.548. The quantitative estimate of drug-likeness (QED) is 0.453. The molecule has 0 aliphatic carbocycles. The number of alkyl halides is 2. The maximum absolute atomic E-state index is 5.21. The molecule has 0 N–H and O–H groups in total. The molecule has 0 atom stereocenters. The van der Waals surface area contributed by atoms with Gasteiger partial charge in [-0.25, -0.2) is 0 Å². The molecule has 0 spiro atoms. The molecular weight excluding hydrogens is 198 g/mol. The molecule has 0 bridgehead atoms. The van der Waals surface area contributed by atoms with Crippen molar-refractivity contribution in [3.8, 4) is 0 Å². The van der Waals surface area contributed by atoms with Crippen LogP contribution in [-0.4, -0.2) is 24.2 Å². The first kappa shape index (κ1) is 12.6. The third kappa shape index (κ3) is 3.13. The molecule has 0 aromatic heterocycles. The Morgan fingerprint density at radius 1 is 1.00 bits per heavy atom. The summed E-state index contributed by atoms with van der Waals surface area (Å²) >= 11 is 9.53. The first-order valence-electron chi connectivity index (χ1n) is 3.66. The molecule has 2 nitrogen and oxygen atoms in total. The molecule has 71 valence electrons. The zero-order valence-electron chi connectivity index (χ0n) is 7.86. The predicted octanol–water partition coefficient (Wildman–Crippen LogP) is 2.55. The lowest BCUT2D eigenvalue weighted by molar-refractivity contribution is 0.00578. The molecule has 0 aromatic rings. The molecule has 0 aromatic carbocycles. The van der Waals surface area contributed by atoms with E-state index in [0.717, 1.165) is 0 Å². The average molecular weight is 212 g/mol. The standard InChI is InChI=1S/C6H12BO2.CH2Cl2/c1-5(2)6(3,4)9-7-8-5;2-1-3/h1-4H3;1H2. The van der Waals surface area contributed by atoms with Gasteiger partial charge in [0.15, 0.2) is 0 Å². The van der Waals surface area contributed by atoms with Crippen molar-refractivity contribution >= 4 is 30.9 Å². The van der Waals surface area contributed by atoms with Crippen LogP contribution < -0.4 is 0 Å². The van der Waals surface area contributed by atoms with Crippen LogP contribution in [0.1, 0.15) is 27.7 Å². The average Bonchev–Trinajstić information content (AvgIpc) is 2.08. The Kier molecular flexibility index (Phi) is 4.93. The van der Waals surface area contributed by atoms with Gasteiger partial charge in [-0.1, -0.05) is 0 Å². The van der Waals surface area contributed by atoms with Crippen LogP contribution in [0.4, 0.5) is 0 Å². The molecule has 12 heavy (non-hydrogen) atoms. The van der Waals surface area contributed by atoms with E-state index in [-0.39, 0.29) is 16.5 Å². The molecule has 1 heterocycles. The van der Waals surface area contributed by atoms with Gasteiger partial charge in [0.25, 0.3) is 0 Å². The molecule has 1 aliphatic rings.